The van der Waals surface area contributed by atoms with Crippen molar-refractivity contribution in [2.24, 2.45) is 0 Å². The molecule has 1 fully saturated rings. The summed E-state index contributed by atoms with van der Waals surface area (Å²) in [7, 11) is 0. The Kier molecular flexibility index (Phi) is 2.94. The summed E-state index contributed by atoms with van der Waals surface area (Å²) in [5, 5.41) is 10.7. The standard InChI is InChI=1S/C11H15N3O2/c12-10-5-4-9(14(15)16)8-11(10)13-6-2-1-3-7-13/h4-5,8H,1-3,6-7,12H2. The van der Waals surface area contributed by atoms with Gasteiger partial charge >= 0.3 is 0 Å². The zero-order valence-corrected chi connectivity index (χ0v) is 9.06. The number of hydrogen-bond donors (Lipinski definition) is 1. The Morgan fingerprint density at radius 3 is 2.56 bits per heavy atom. The molecule has 16 heavy (non-hydrogen) atoms. The molecule has 1 aliphatic heterocycles. The van der Waals surface area contributed by atoms with Crippen LogP contribution in [0.2, 0.25) is 0 Å². The third-order valence-corrected chi connectivity index (χ3v) is 2.92. The van der Waals surface area contributed by atoms with Gasteiger partial charge < -0.3 is 10.6 Å². The average Bonchev–Trinajstić information content (AvgIpc) is 2.30. The molecule has 0 amide bonds. The third kappa shape index (κ3) is 2.08. The monoisotopic (exact) mass is 221 g/mol. The van der Waals surface area contributed by atoms with E-state index in [4.69, 9.17) is 5.73 Å². The number of rotatable bonds is 2. The number of nitrogens with two attached hydrogens (primary N) is 1. The summed E-state index contributed by atoms with van der Waals surface area (Å²) in [6, 6.07) is 4.63. The van der Waals surface area contributed by atoms with Gasteiger partial charge in [0.15, 0.2) is 0 Å². The first kappa shape index (κ1) is 10.7. The molecule has 86 valence electrons. The highest BCUT2D eigenvalue weighted by Gasteiger charge is 2.16. The van der Waals surface area contributed by atoms with Gasteiger partial charge in [0.2, 0.25) is 0 Å². The molecule has 1 heterocycles. The molecular weight excluding hydrogens is 206 g/mol. The highest BCUT2D eigenvalue weighted by molar-refractivity contribution is 5.70. The molecule has 0 bridgehead atoms. The van der Waals surface area contributed by atoms with Gasteiger partial charge in [-0.05, 0) is 25.3 Å². The molecule has 0 aliphatic carbocycles. The molecule has 0 atom stereocenters. The molecule has 2 N–H and O–H groups in total. The topological polar surface area (TPSA) is 72.4 Å². The minimum atomic E-state index is -0.382. The first-order chi connectivity index (χ1) is 7.68. The van der Waals surface area contributed by atoms with Gasteiger partial charge in [-0.15, -0.1) is 0 Å². The molecule has 2 rings (SSSR count). The van der Waals surface area contributed by atoms with Crippen LogP contribution in [0.25, 0.3) is 0 Å². The molecule has 0 spiro atoms. The quantitative estimate of drug-likeness (QED) is 0.472. The number of nitro groups is 1. The van der Waals surface area contributed by atoms with Gasteiger partial charge in [-0.3, -0.25) is 10.1 Å². The van der Waals surface area contributed by atoms with Crippen LogP contribution in [0, 0.1) is 10.1 Å². The van der Waals surface area contributed by atoms with Gasteiger partial charge in [0.1, 0.15) is 0 Å². The van der Waals surface area contributed by atoms with Crippen LogP contribution in [0.15, 0.2) is 18.2 Å². The van der Waals surface area contributed by atoms with E-state index in [0.29, 0.717) is 5.69 Å². The zero-order valence-electron chi connectivity index (χ0n) is 9.06. The number of anilines is 2. The van der Waals surface area contributed by atoms with E-state index >= 15 is 0 Å². The minimum Gasteiger partial charge on any atom is -0.397 e. The molecule has 1 aromatic carbocycles. The molecule has 1 aliphatic rings. The number of piperidine rings is 1. The van der Waals surface area contributed by atoms with Gasteiger partial charge in [0.25, 0.3) is 5.69 Å². The van der Waals surface area contributed by atoms with Gasteiger partial charge in [0.05, 0.1) is 16.3 Å². The second-order valence-electron chi connectivity index (χ2n) is 4.05. The van der Waals surface area contributed by atoms with E-state index in [1.54, 1.807) is 12.1 Å². The maximum absolute atomic E-state index is 10.7. The Morgan fingerprint density at radius 2 is 1.94 bits per heavy atom. The van der Waals surface area contributed by atoms with E-state index in [0.717, 1.165) is 31.6 Å². The number of nitrogens with zero attached hydrogens (tertiary/aromatic N) is 2. The fourth-order valence-electron chi connectivity index (χ4n) is 2.05. The first-order valence-corrected chi connectivity index (χ1v) is 5.47. The third-order valence-electron chi connectivity index (χ3n) is 2.92. The van der Waals surface area contributed by atoms with Crippen LogP contribution in [-0.2, 0) is 0 Å². The first-order valence-electron chi connectivity index (χ1n) is 5.47. The fourth-order valence-corrected chi connectivity index (χ4v) is 2.05. The number of hydrogen-bond acceptors (Lipinski definition) is 4. The normalized spacial score (nSPS) is 16.1. The van der Waals surface area contributed by atoms with E-state index in [9.17, 15) is 10.1 Å². The van der Waals surface area contributed by atoms with Crippen molar-refractivity contribution in [3.05, 3.63) is 28.3 Å². The van der Waals surface area contributed by atoms with Crippen molar-refractivity contribution in [2.75, 3.05) is 23.7 Å². The Bertz CT molecular complexity index is 400. The lowest BCUT2D eigenvalue weighted by Crippen LogP contribution is -2.30. The van der Waals surface area contributed by atoms with Crippen molar-refractivity contribution in [3.8, 4) is 0 Å². The van der Waals surface area contributed by atoms with Crippen molar-refractivity contribution in [2.45, 2.75) is 19.3 Å². The summed E-state index contributed by atoms with van der Waals surface area (Å²) in [5.74, 6) is 0. The second kappa shape index (κ2) is 4.38. The fraction of sp³-hybridized carbons (Fsp3) is 0.455. The smallest absolute Gasteiger partial charge is 0.271 e. The summed E-state index contributed by atoms with van der Waals surface area (Å²) < 4.78 is 0. The summed E-state index contributed by atoms with van der Waals surface area (Å²) in [6.45, 7) is 1.87. The lowest BCUT2D eigenvalue weighted by Gasteiger charge is -2.29. The second-order valence-corrected chi connectivity index (χ2v) is 4.05. The minimum absolute atomic E-state index is 0.106. The SMILES string of the molecule is Nc1ccc([N+](=O)[O-])cc1N1CCCCC1. The number of non-ortho nitro benzene ring substituents is 1. The number of nitro benzene ring substituents is 1. The van der Waals surface area contributed by atoms with Gasteiger partial charge in [0, 0.05) is 25.2 Å². The summed E-state index contributed by atoms with van der Waals surface area (Å²) >= 11 is 0. The highest BCUT2D eigenvalue weighted by Crippen LogP contribution is 2.29. The van der Waals surface area contributed by atoms with Gasteiger partial charge in [-0.1, -0.05) is 0 Å². The van der Waals surface area contributed by atoms with Crippen molar-refractivity contribution in [1.29, 1.82) is 0 Å². The van der Waals surface area contributed by atoms with E-state index in [-0.39, 0.29) is 10.6 Å². The van der Waals surface area contributed by atoms with Crippen molar-refractivity contribution in [1.82, 2.24) is 0 Å². The van der Waals surface area contributed by atoms with Gasteiger partial charge in [-0.25, -0.2) is 0 Å². The predicted octanol–water partition coefficient (Wildman–Crippen LogP) is 2.17. The van der Waals surface area contributed by atoms with Crippen molar-refractivity contribution in [3.63, 3.8) is 0 Å². The molecule has 0 radical (unpaired) electrons. The zero-order chi connectivity index (χ0) is 11.5. The Labute approximate surface area is 94.0 Å². The molecule has 1 saturated heterocycles. The predicted molar refractivity (Wildman–Crippen MR) is 63.6 cm³/mol. The molecular formula is C11H15N3O2. The molecule has 0 saturated carbocycles. The average molecular weight is 221 g/mol. The van der Waals surface area contributed by atoms with Crippen molar-refractivity contribution < 1.29 is 4.92 Å². The Hall–Kier alpha value is -1.78. The van der Waals surface area contributed by atoms with E-state index < -0.39 is 0 Å². The van der Waals surface area contributed by atoms with E-state index in [2.05, 4.69) is 4.90 Å². The van der Waals surface area contributed by atoms with Crippen molar-refractivity contribution >= 4 is 17.1 Å². The van der Waals surface area contributed by atoms with Crippen LogP contribution in [0.5, 0.6) is 0 Å². The largest absolute Gasteiger partial charge is 0.397 e. The van der Waals surface area contributed by atoms with Crippen LogP contribution in [-0.4, -0.2) is 18.0 Å². The lowest BCUT2D eigenvalue weighted by atomic mass is 10.1. The van der Waals surface area contributed by atoms with Crippen LogP contribution in [0.1, 0.15) is 19.3 Å². The summed E-state index contributed by atoms with van der Waals surface area (Å²) in [6.07, 6.45) is 3.48. The molecule has 5 heteroatoms. The highest BCUT2D eigenvalue weighted by atomic mass is 16.6. The number of nitrogen functional groups attached to an aromatic ring is 1. The number of benzene rings is 1. The molecule has 0 aromatic heterocycles. The summed E-state index contributed by atoms with van der Waals surface area (Å²) in [5.41, 5.74) is 7.38. The Balaban J connectivity index is 2.30. The summed E-state index contributed by atoms with van der Waals surface area (Å²) in [4.78, 5) is 12.4. The van der Waals surface area contributed by atoms with E-state index in [1.165, 1.54) is 12.5 Å². The lowest BCUT2D eigenvalue weighted by molar-refractivity contribution is -0.384. The van der Waals surface area contributed by atoms with Crippen LogP contribution < -0.4 is 10.6 Å². The maximum Gasteiger partial charge on any atom is 0.271 e. The Morgan fingerprint density at radius 1 is 1.25 bits per heavy atom. The molecule has 1 aromatic rings. The molecule has 0 unspecified atom stereocenters. The molecule has 5 nitrogen and oxygen atoms in total. The van der Waals surface area contributed by atoms with Crippen LogP contribution >= 0.6 is 0 Å². The van der Waals surface area contributed by atoms with E-state index in [1.807, 2.05) is 0 Å². The van der Waals surface area contributed by atoms with Gasteiger partial charge in [-0.2, -0.15) is 0 Å². The van der Waals surface area contributed by atoms with Crippen LogP contribution in [0.3, 0.4) is 0 Å². The van der Waals surface area contributed by atoms with Crippen LogP contribution in [0.4, 0.5) is 17.1 Å². The maximum atomic E-state index is 10.7.